The Balaban J connectivity index is 2.29. The normalized spacial score (nSPS) is 13.3. The molecule has 1 atom stereocenters. The molecule has 2 rings (SSSR count). The number of carbonyl (C=O) groups is 1. The highest BCUT2D eigenvalue weighted by Gasteiger charge is 2.23. The average Bonchev–Trinajstić information content (AvgIpc) is 2.81. The van der Waals surface area contributed by atoms with Crippen LogP contribution in [0.25, 0.3) is 11.0 Å². The van der Waals surface area contributed by atoms with Gasteiger partial charge in [-0.05, 0) is 50.8 Å². The summed E-state index contributed by atoms with van der Waals surface area (Å²) in [6, 6.07) is 1.97. The van der Waals surface area contributed by atoms with E-state index in [0.29, 0.717) is 6.54 Å². The molecule has 0 aromatic carbocycles. The van der Waals surface area contributed by atoms with Gasteiger partial charge in [0.25, 0.3) is 0 Å². The highest BCUT2D eigenvalue weighted by Crippen LogP contribution is 2.21. The van der Waals surface area contributed by atoms with Crippen molar-refractivity contribution in [2.24, 2.45) is 5.92 Å². The first kappa shape index (κ1) is 19.5. The summed E-state index contributed by atoms with van der Waals surface area (Å²) in [6.45, 7) is 12.4. The van der Waals surface area contributed by atoms with Crippen LogP contribution in [0.15, 0.2) is 12.3 Å². The van der Waals surface area contributed by atoms with E-state index in [0.717, 1.165) is 23.1 Å². The number of carbonyl (C=O) groups excluding carboxylic acids is 1. The predicted molar refractivity (Wildman–Crippen MR) is 99.9 cm³/mol. The van der Waals surface area contributed by atoms with Gasteiger partial charge in [-0.3, -0.25) is 0 Å². The third-order valence-electron chi connectivity index (χ3n) is 3.94. The van der Waals surface area contributed by atoms with E-state index in [1.807, 2.05) is 20.8 Å². The second-order valence-corrected chi connectivity index (χ2v) is 7.85. The van der Waals surface area contributed by atoms with Gasteiger partial charge in [-0.2, -0.15) is 4.98 Å². The maximum atomic E-state index is 12.2. The topological polar surface area (TPSA) is 69.0 Å². The van der Waals surface area contributed by atoms with Crippen molar-refractivity contribution >= 4 is 28.7 Å². The quantitative estimate of drug-likeness (QED) is 0.805. The molecule has 0 aliphatic carbocycles. The van der Waals surface area contributed by atoms with E-state index in [9.17, 15) is 4.79 Å². The van der Waals surface area contributed by atoms with Gasteiger partial charge in [0, 0.05) is 23.8 Å². The zero-order valence-electron chi connectivity index (χ0n) is 15.8. The molecule has 0 spiro atoms. The monoisotopic (exact) mass is 366 g/mol. The molecule has 0 aliphatic rings. The van der Waals surface area contributed by atoms with Crippen LogP contribution in [-0.2, 0) is 17.7 Å². The third-order valence-corrected chi connectivity index (χ3v) is 4.12. The fourth-order valence-electron chi connectivity index (χ4n) is 2.65. The summed E-state index contributed by atoms with van der Waals surface area (Å²) in [5, 5.41) is 4.15. The van der Waals surface area contributed by atoms with E-state index in [2.05, 4.69) is 46.7 Å². The summed E-state index contributed by atoms with van der Waals surface area (Å²) in [5.41, 5.74) is 1.39. The largest absolute Gasteiger partial charge is 0.444 e. The third kappa shape index (κ3) is 5.08. The van der Waals surface area contributed by atoms with Gasteiger partial charge in [-0.25, -0.2) is 9.78 Å². The predicted octanol–water partition coefficient (Wildman–Crippen LogP) is 4.20. The lowest BCUT2D eigenvalue weighted by Crippen LogP contribution is -2.44. The van der Waals surface area contributed by atoms with E-state index in [1.165, 1.54) is 0 Å². The second-order valence-electron chi connectivity index (χ2n) is 7.51. The Hall–Kier alpha value is -1.82. The molecule has 6 nitrogen and oxygen atoms in total. The Morgan fingerprint density at radius 3 is 2.64 bits per heavy atom. The minimum Gasteiger partial charge on any atom is -0.444 e. The molecule has 0 saturated carbocycles. The van der Waals surface area contributed by atoms with Gasteiger partial charge >= 0.3 is 6.09 Å². The summed E-state index contributed by atoms with van der Waals surface area (Å²) < 4.78 is 7.50. The molecule has 2 aromatic heterocycles. The summed E-state index contributed by atoms with van der Waals surface area (Å²) >= 11 is 5.97. The van der Waals surface area contributed by atoms with Gasteiger partial charge in [-0.15, -0.1) is 0 Å². The number of alkyl carbamates (subject to hydrolysis) is 1. The fourth-order valence-corrected chi connectivity index (χ4v) is 2.78. The molecule has 1 amide bonds. The standard InChI is InChI=1S/C18H27ClN4O2/c1-7-13-8-12-9-20-16(19)22-15(12)23(13)10-14(11(2)3)21-17(24)25-18(4,5)6/h8-9,11,14H,7,10H2,1-6H3,(H,21,24). The van der Waals surface area contributed by atoms with Crippen LogP contribution in [0.4, 0.5) is 4.79 Å². The molecule has 0 bridgehead atoms. The van der Waals surface area contributed by atoms with Crippen molar-refractivity contribution in [1.29, 1.82) is 0 Å². The van der Waals surface area contributed by atoms with Crippen molar-refractivity contribution in [2.45, 2.75) is 66.2 Å². The minimum absolute atomic E-state index is 0.0931. The molecule has 0 aliphatic heterocycles. The number of ether oxygens (including phenoxy) is 1. The van der Waals surface area contributed by atoms with Crippen molar-refractivity contribution in [3.8, 4) is 0 Å². The highest BCUT2D eigenvalue weighted by atomic mass is 35.5. The number of rotatable bonds is 5. The lowest BCUT2D eigenvalue weighted by atomic mass is 10.0. The van der Waals surface area contributed by atoms with Gasteiger partial charge < -0.3 is 14.6 Å². The van der Waals surface area contributed by atoms with E-state index >= 15 is 0 Å². The first-order valence-corrected chi connectivity index (χ1v) is 8.98. The number of hydrogen-bond acceptors (Lipinski definition) is 4. The van der Waals surface area contributed by atoms with Gasteiger partial charge in [0.15, 0.2) is 0 Å². The summed E-state index contributed by atoms with van der Waals surface area (Å²) in [5.74, 6) is 0.229. The minimum atomic E-state index is -0.527. The molecule has 25 heavy (non-hydrogen) atoms. The Kier molecular flexibility index (Phi) is 5.93. The Morgan fingerprint density at radius 1 is 1.40 bits per heavy atom. The van der Waals surface area contributed by atoms with E-state index in [1.54, 1.807) is 6.20 Å². The molecule has 2 heterocycles. The maximum absolute atomic E-state index is 12.2. The van der Waals surface area contributed by atoms with Crippen molar-refractivity contribution in [2.75, 3.05) is 0 Å². The van der Waals surface area contributed by atoms with Crippen LogP contribution < -0.4 is 5.32 Å². The van der Waals surface area contributed by atoms with E-state index in [-0.39, 0.29) is 17.2 Å². The van der Waals surface area contributed by atoms with Crippen molar-refractivity contribution in [3.05, 3.63) is 23.2 Å². The summed E-state index contributed by atoms with van der Waals surface area (Å²) in [6.07, 6.45) is 2.17. The molecular weight excluding hydrogens is 340 g/mol. The van der Waals surface area contributed by atoms with Crippen LogP contribution in [0.5, 0.6) is 0 Å². The smallest absolute Gasteiger partial charge is 0.407 e. The zero-order chi connectivity index (χ0) is 18.8. The number of aromatic nitrogens is 3. The Morgan fingerprint density at radius 2 is 2.08 bits per heavy atom. The van der Waals surface area contributed by atoms with Gasteiger partial charge in [0.1, 0.15) is 11.2 Å². The average molecular weight is 367 g/mol. The molecule has 138 valence electrons. The second kappa shape index (κ2) is 7.60. The Labute approximate surface area is 153 Å². The number of halogens is 1. The molecule has 0 saturated heterocycles. The van der Waals surface area contributed by atoms with Crippen LogP contribution in [0.1, 0.15) is 47.2 Å². The molecule has 1 unspecified atom stereocenters. The van der Waals surface area contributed by atoms with Gasteiger partial charge in [-0.1, -0.05) is 20.8 Å². The molecule has 7 heteroatoms. The van der Waals surface area contributed by atoms with Crippen LogP contribution >= 0.6 is 11.6 Å². The van der Waals surface area contributed by atoms with Crippen molar-refractivity contribution in [3.63, 3.8) is 0 Å². The van der Waals surface area contributed by atoms with E-state index < -0.39 is 11.7 Å². The molecule has 0 fully saturated rings. The highest BCUT2D eigenvalue weighted by molar-refractivity contribution is 6.28. The lowest BCUT2D eigenvalue weighted by molar-refractivity contribution is 0.0484. The van der Waals surface area contributed by atoms with Crippen molar-refractivity contribution < 1.29 is 9.53 Å². The van der Waals surface area contributed by atoms with Crippen LogP contribution in [-0.4, -0.2) is 32.3 Å². The van der Waals surface area contributed by atoms with E-state index in [4.69, 9.17) is 16.3 Å². The molecule has 2 aromatic rings. The molecular formula is C18H27ClN4O2. The lowest BCUT2D eigenvalue weighted by Gasteiger charge is -2.27. The van der Waals surface area contributed by atoms with Crippen LogP contribution in [0.2, 0.25) is 5.28 Å². The number of nitrogens with one attached hydrogen (secondary N) is 1. The number of nitrogens with zero attached hydrogens (tertiary/aromatic N) is 3. The first-order valence-electron chi connectivity index (χ1n) is 8.61. The maximum Gasteiger partial charge on any atom is 0.407 e. The number of amides is 1. The molecule has 0 radical (unpaired) electrons. The van der Waals surface area contributed by atoms with Crippen LogP contribution in [0, 0.1) is 5.92 Å². The summed E-state index contributed by atoms with van der Waals surface area (Å²) in [7, 11) is 0. The zero-order valence-corrected chi connectivity index (χ0v) is 16.5. The Bertz CT molecular complexity index is 749. The fraction of sp³-hybridized carbons (Fsp3) is 0.611. The number of hydrogen-bond donors (Lipinski definition) is 1. The SMILES string of the molecule is CCc1cc2cnc(Cl)nc2n1CC(NC(=O)OC(C)(C)C)C(C)C. The van der Waals surface area contributed by atoms with Gasteiger partial charge in [0.2, 0.25) is 5.28 Å². The van der Waals surface area contributed by atoms with Crippen molar-refractivity contribution in [1.82, 2.24) is 19.9 Å². The number of fused-ring (bicyclic) bond motifs is 1. The first-order chi connectivity index (χ1) is 11.6. The molecule has 1 N–H and O–H groups in total. The van der Waals surface area contributed by atoms with Gasteiger partial charge in [0.05, 0.1) is 6.04 Å². The number of aryl methyl sites for hydroxylation is 1. The van der Waals surface area contributed by atoms with Crippen LogP contribution in [0.3, 0.4) is 0 Å². The summed E-state index contributed by atoms with van der Waals surface area (Å²) in [4.78, 5) is 20.6.